The van der Waals surface area contributed by atoms with Crippen molar-refractivity contribution in [2.75, 3.05) is 12.3 Å². The van der Waals surface area contributed by atoms with Crippen molar-refractivity contribution >= 4 is 39.9 Å². The summed E-state index contributed by atoms with van der Waals surface area (Å²) in [4.78, 5) is 31.2. The number of amides is 1. The number of aliphatic hydroxyl groups is 1. The lowest BCUT2D eigenvalue weighted by atomic mass is 9.89. The molecule has 1 aromatic carbocycles. The Balaban J connectivity index is 1.33. The van der Waals surface area contributed by atoms with Crippen molar-refractivity contribution in [2.24, 2.45) is 4.99 Å². The molecule has 1 aliphatic heterocycles. The van der Waals surface area contributed by atoms with Gasteiger partial charge in [-0.25, -0.2) is 9.97 Å². The maximum atomic E-state index is 13.5. The Morgan fingerprint density at radius 1 is 1.20 bits per heavy atom. The van der Waals surface area contributed by atoms with Crippen LogP contribution in [-0.4, -0.2) is 54.4 Å². The van der Waals surface area contributed by atoms with Crippen molar-refractivity contribution in [3.8, 4) is 23.5 Å². The van der Waals surface area contributed by atoms with Gasteiger partial charge < -0.3 is 26.0 Å². The van der Waals surface area contributed by atoms with Crippen LogP contribution in [0.15, 0.2) is 60.2 Å². The summed E-state index contributed by atoms with van der Waals surface area (Å²) in [7, 11) is 0. The third kappa shape index (κ3) is 3.37. The van der Waals surface area contributed by atoms with Crippen LogP contribution in [0.3, 0.4) is 0 Å². The average Bonchev–Trinajstić information content (AvgIpc) is 3.66. The van der Waals surface area contributed by atoms with Gasteiger partial charge in [-0.15, -0.1) is 6.42 Å². The molecule has 4 aromatic rings. The lowest BCUT2D eigenvalue weighted by Crippen LogP contribution is -2.63. The van der Waals surface area contributed by atoms with E-state index in [1.54, 1.807) is 12.4 Å². The molecule has 1 unspecified atom stereocenters. The van der Waals surface area contributed by atoms with Gasteiger partial charge in [-0.3, -0.25) is 14.8 Å². The molecule has 2 fully saturated rings. The lowest BCUT2D eigenvalue weighted by molar-refractivity contribution is -0.127. The van der Waals surface area contributed by atoms with Crippen LogP contribution < -0.4 is 16.4 Å². The quantitative estimate of drug-likeness (QED) is 0.289. The van der Waals surface area contributed by atoms with E-state index < -0.39 is 17.7 Å². The summed E-state index contributed by atoms with van der Waals surface area (Å²) in [6.45, 7) is -0.406. The molecule has 2 saturated carbocycles. The van der Waals surface area contributed by atoms with Crippen LogP contribution >= 0.6 is 0 Å². The zero-order valence-electron chi connectivity index (χ0n) is 21.8. The first-order valence-corrected chi connectivity index (χ1v) is 13.3. The van der Waals surface area contributed by atoms with E-state index in [1.807, 2.05) is 30.5 Å². The molecular formula is C30H28N8O2. The van der Waals surface area contributed by atoms with Crippen LogP contribution in [-0.2, 0) is 10.3 Å². The van der Waals surface area contributed by atoms with Crippen molar-refractivity contribution in [3.63, 3.8) is 0 Å². The average molecular weight is 533 g/mol. The third-order valence-corrected chi connectivity index (χ3v) is 8.90. The van der Waals surface area contributed by atoms with Gasteiger partial charge in [0.15, 0.2) is 5.54 Å². The summed E-state index contributed by atoms with van der Waals surface area (Å²) in [6, 6.07) is 10.00. The highest BCUT2D eigenvalue weighted by Crippen LogP contribution is 2.57. The van der Waals surface area contributed by atoms with Crippen molar-refractivity contribution in [1.29, 1.82) is 0 Å². The minimum absolute atomic E-state index is 0.301. The number of nitrogens with two attached hydrogens (primary N) is 1. The smallest absolute Gasteiger partial charge is 0.254 e. The van der Waals surface area contributed by atoms with Gasteiger partial charge in [0.25, 0.3) is 5.91 Å². The van der Waals surface area contributed by atoms with E-state index in [0.29, 0.717) is 29.0 Å². The van der Waals surface area contributed by atoms with Gasteiger partial charge in [0.05, 0.1) is 17.5 Å². The number of para-hydroxylation sites is 1. The van der Waals surface area contributed by atoms with Gasteiger partial charge >= 0.3 is 0 Å². The van der Waals surface area contributed by atoms with Gasteiger partial charge in [-0.2, -0.15) is 0 Å². The van der Waals surface area contributed by atoms with E-state index in [1.165, 1.54) is 12.5 Å². The number of carbonyl (C=O) groups is 1. The minimum atomic E-state index is -1.29. The lowest BCUT2D eigenvalue weighted by Gasteiger charge is -2.35. The van der Waals surface area contributed by atoms with E-state index in [2.05, 4.69) is 42.1 Å². The number of aliphatic hydroxyl groups excluding tert-OH is 1. The Labute approximate surface area is 230 Å². The van der Waals surface area contributed by atoms with E-state index in [0.717, 1.165) is 47.7 Å². The maximum Gasteiger partial charge on any atom is 0.254 e. The number of fused-ring (bicyclic) bond motifs is 4. The molecule has 7 rings (SSSR count). The van der Waals surface area contributed by atoms with Crippen LogP contribution in [0.4, 0.5) is 5.82 Å². The van der Waals surface area contributed by atoms with Crippen LogP contribution in [0, 0.1) is 12.3 Å². The summed E-state index contributed by atoms with van der Waals surface area (Å²) < 4.78 is 2.16. The highest BCUT2D eigenvalue weighted by atomic mass is 16.3. The molecule has 40 heavy (non-hydrogen) atoms. The van der Waals surface area contributed by atoms with Gasteiger partial charge in [-0.05, 0) is 44.2 Å². The Hall–Kier alpha value is -4.75. The van der Waals surface area contributed by atoms with Crippen LogP contribution in [0.2, 0.25) is 0 Å². The first-order valence-electron chi connectivity index (χ1n) is 13.3. The molecule has 3 aromatic heterocycles. The number of aromatic nitrogens is 4. The van der Waals surface area contributed by atoms with Crippen LogP contribution in [0.25, 0.3) is 33.1 Å². The molecule has 10 nitrogen and oxygen atoms in total. The molecule has 10 heteroatoms. The molecule has 0 radical (unpaired) electrons. The number of nitrogens with zero attached hydrogens (tertiary/aromatic N) is 5. The second kappa shape index (κ2) is 8.63. The van der Waals surface area contributed by atoms with E-state index in [9.17, 15) is 9.90 Å². The normalized spacial score (nSPS) is 26.7. The number of carbonyl (C=O) groups excluding carboxylic acids is 1. The van der Waals surface area contributed by atoms with Crippen LogP contribution in [0.5, 0.6) is 0 Å². The summed E-state index contributed by atoms with van der Waals surface area (Å²) >= 11 is 0. The monoisotopic (exact) mass is 532 g/mol. The Kier molecular flexibility index (Phi) is 5.24. The van der Waals surface area contributed by atoms with Crippen LogP contribution in [0.1, 0.15) is 37.8 Å². The van der Waals surface area contributed by atoms with Crippen molar-refractivity contribution in [2.45, 2.75) is 48.7 Å². The Bertz CT molecular complexity index is 1790. The predicted octanol–water partition coefficient (Wildman–Crippen LogP) is 2.61. The summed E-state index contributed by atoms with van der Waals surface area (Å²) in [6.07, 6.45) is 17.9. The fraction of sp³-hybridized carbons (Fsp3) is 0.300. The number of anilines is 1. The first kappa shape index (κ1) is 24.3. The summed E-state index contributed by atoms with van der Waals surface area (Å²) in [5.74, 6) is 3.01. The highest BCUT2D eigenvalue weighted by Gasteiger charge is 2.58. The van der Waals surface area contributed by atoms with Gasteiger partial charge in [-0.1, -0.05) is 24.1 Å². The second-order valence-corrected chi connectivity index (χ2v) is 11.1. The SMILES string of the molecule is C#Cc1c(-c2cnc3ccccc3c2)c2c(N)ncnc2n1C12CCC(NC(=O)C3(CO)C=NC=CN3)(CC1)C2. The maximum absolute atomic E-state index is 13.5. The molecule has 0 spiro atoms. The van der Waals surface area contributed by atoms with Crippen molar-refractivity contribution < 1.29 is 9.90 Å². The zero-order chi connectivity index (χ0) is 27.5. The second-order valence-electron chi connectivity index (χ2n) is 11.1. The standard InChI is InChI=1S/C30H28N8O2/c1-2-22-23(20-13-19-5-3-4-6-21(19)33-14-20)24-25(31)34-18-35-26(24)38(22)29-9-7-28(15-29,8-10-29)37-27(40)30(17-39)16-32-11-12-36-30/h1,3-6,11-14,16,18,36,39H,7-10,15,17H2,(H,37,40)(H2,31,34,35). The molecule has 4 heterocycles. The molecule has 0 saturated heterocycles. The van der Waals surface area contributed by atoms with Gasteiger partial charge in [0.1, 0.15) is 23.5 Å². The molecule has 5 N–H and O–H groups in total. The van der Waals surface area contributed by atoms with E-state index in [4.69, 9.17) is 17.1 Å². The van der Waals surface area contributed by atoms with Gasteiger partial charge in [0.2, 0.25) is 0 Å². The van der Waals surface area contributed by atoms with E-state index >= 15 is 0 Å². The van der Waals surface area contributed by atoms with E-state index in [-0.39, 0.29) is 11.4 Å². The number of hydrogen-bond acceptors (Lipinski definition) is 8. The number of rotatable bonds is 5. The number of nitrogen functional groups attached to an aromatic ring is 1. The Morgan fingerprint density at radius 3 is 2.77 bits per heavy atom. The number of nitrogens with one attached hydrogen (secondary N) is 2. The molecule has 2 aliphatic carbocycles. The third-order valence-electron chi connectivity index (χ3n) is 8.90. The predicted molar refractivity (Wildman–Crippen MR) is 153 cm³/mol. The fourth-order valence-electron chi connectivity index (χ4n) is 6.94. The largest absolute Gasteiger partial charge is 0.393 e. The summed E-state index contributed by atoms with van der Waals surface area (Å²) in [5.41, 5.74) is 8.29. The molecular weight excluding hydrogens is 504 g/mol. The molecule has 200 valence electrons. The number of hydrogen-bond donors (Lipinski definition) is 4. The fourth-order valence-corrected chi connectivity index (χ4v) is 6.94. The number of pyridine rings is 1. The molecule has 2 bridgehead atoms. The molecule has 1 atom stereocenters. The number of benzene rings is 1. The molecule has 3 aliphatic rings. The zero-order valence-corrected chi connectivity index (χ0v) is 21.8. The molecule has 1 amide bonds. The first-order chi connectivity index (χ1) is 19.4. The van der Waals surface area contributed by atoms with Crippen molar-refractivity contribution in [3.05, 3.63) is 60.9 Å². The van der Waals surface area contributed by atoms with Crippen molar-refractivity contribution in [1.82, 2.24) is 30.2 Å². The number of aliphatic imine (C=N–C) groups is 1. The van der Waals surface area contributed by atoms with Gasteiger partial charge in [0, 0.05) is 52.4 Å². The minimum Gasteiger partial charge on any atom is -0.393 e. The topological polar surface area (TPSA) is 143 Å². The number of terminal acetylenes is 1. The summed E-state index contributed by atoms with van der Waals surface area (Å²) in [5, 5.41) is 18.0. The Morgan fingerprint density at radius 2 is 2.02 bits per heavy atom. The highest BCUT2D eigenvalue weighted by molar-refractivity contribution is 6.05.